The standard InChI is InChI=1S/C21H17FN4O2/c1-12-15(11-23-26(12)18-5-3-2-4-16(18)22)20(27)24-14-8-9-17-19(10-14)28-21(25-17)13-6-7-13/h2-5,8-11,13H,6-7H2,1H3,(H,24,27). The lowest BCUT2D eigenvalue weighted by Gasteiger charge is -2.07. The molecule has 0 radical (unpaired) electrons. The van der Waals surface area contributed by atoms with Crippen molar-refractivity contribution in [2.45, 2.75) is 25.7 Å². The molecule has 1 aliphatic carbocycles. The number of amides is 1. The van der Waals surface area contributed by atoms with Crippen molar-refractivity contribution in [3.63, 3.8) is 0 Å². The first-order valence-corrected chi connectivity index (χ1v) is 9.11. The summed E-state index contributed by atoms with van der Waals surface area (Å²) in [5, 5.41) is 7.03. The number of para-hydroxylation sites is 1. The fourth-order valence-electron chi connectivity index (χ4n) is 3.22. The highest BCUT2D eigenvalue weighted by molar-refractivity contribution is 6.05. The maximum absolute atomic E-state index is 14.0. The van der Waals surface area contributed by atoms with Crippen LogP contribution < -0.4 is 5.32 Å². The Balaban J connectivity index is 1.41. The van der Waals surface area contributed by atoms with E-state index in [1.165, 1.54) is 16.9 Å². The number of fused-ring (bicyclic) bond motifs is 1. The molecule has 1 fully saturated rings. The van der Waals surface area contributed by atoms with Crippen LogP contribution in [-0.4, -0.2) is 20.7 Å². The molecule has 4 aromatic rings. The molecular formula is C21H17FN4O2. The number of aromatic nitrogens is 3. The lowest BCUT2D eigenvalue weighted by molar-refractivity contribution is 0.102. The zero-order chi connectivity index (χ0) is 19.3. The van der Waals surface area contributed by atoms with E-state index in [1.54, 1.807) is 37.3 Å². The minimum Gasteiger partial charge on any atom is -0.440 e. The SMILES string of the molecule is Cc1c(C(=O)Nc2ccc3nc(C4CC4)oc3c2)cnn1-c1ccccc1F. The highest BCUT2D eigenvalue weighted by Gasteiger charge is 2.29. The van der Waals surface area contributed by atoms with E-state index >= 15 is 0 Å². The molecule has 1 aliphatic rings. The van der Waals surface area contributed by atoms with E-state index in [0.717, 1.165) is 24.2 Å². The molecule has 2 heterocycles. The fraction of sp³-hybridized carbons (Fsp3) is 0.190. The fourth-order valence-corrected chi connectivity index (χ4v) is 3.22. The van der Waals surface area contributed by atoms with Gasteiger partial charge in [0, 0.05) is 17.7 Å². The molecule has 1 amide bonds. The van der Waals surface area contributed by atoms with E-state index in [-0.39, 0.29) is 5.91 Å². The van der Waals surface area contributed by atoms with Crippen LogP contribution in [0.2, 0.25) is 0 Å². The van der Waals surface area contributed by atoms with Gasteiger partial charge in [0.15, 0.2) is 11.5 Å². The Kier molecular flexibility index (Phi) is 3.75. The summed E-state index contributed by atoms with van der Waals surface area (Å²) < 4.78 is 21.3. The zero-order valence-corrected chi connectivity index (χ0v) is 15.1. The van der Waals surface area contributed by atoms with Crippen LogP contribution in [0.5, 0.6) is 0 Å². The van der Waals surface area contributed by atoms with Crippen LogP contribution >= 0.6 is 0 Å². The van der Waals surface area contributed by atoms with E-state index in [4.69, 9.17) is 4.42 Å². The summed E-state index contributed by atoms with van der Waals surface area (Å²) >= 11 is 0. The number of carbonyl (C=O) groups excluding carboxylic acids is 1. The molecule has 0 aliphatic heterocycles. The third-order valence-electron chi connectivity index (χ3n) is 4.92. The summed E-state index contributed by atoms with van der Waals surface area (Å²) in [5.41, 5.74) is 3.27. The summed E-state index contributed by atoms with van der Waals surface area (Å²) in [4.78, 5) is 17.2. The van der Waals surface area contributed by atoms with Crippen molar-refractivity contribution >= 4 is 22.7 Å². The van der Waals surface area contributed by atoms with Crippen molar-refractivity contribution in [2.24, 2.45) is 0 Å². The lowest BCUT2D eigenvalue weighted by Crippen LogP contribution is -2.13. The van der Waals surface area contributed by atoms with Gasteiger partial charge in [-0.1, -0.05) is 12.1 Å². The van der Waals surface area contributed by atoms with Crippen LogP contribution in [0, 0.1) is 12.7 Å². The van der Waals surface area contributed by atoms with Gasteiger partial charge >= 0.3 is 0 Å². The molecule has 2 aromatic carbocycles. The second kappa shape index (κ2) is 6.30. The van der Waals surface area contributed by atoms with Gasteiger partial charge < -0.3 is 9.73 Å². The number of hydrogen-bond donors (Lipinski definition) is 1. The Labute approximate surface area is 160 Å². The first-order chi connectivity index (χ1) is 13.6. The molecular weight excluding hydrogens is 359 g/mol. The number of nitrogens with zero attached hydrogens (tertiary/aromatic N) is 3. The third kappa shape index (κ3) is 2.85. The number of carbonyl (C=O) groups is 1. The number of oxazole rings is 1. The number of benzene rings is 2. The van der Waals surface area contributed by atoms with E-state index < -0.39 is 5.82 Å². The second-order valence-corrected chi connectivity index (χ2v) is 6.97. The Hall–Kier alpha value is -3.48. The molecule has 0 unspecified atom stereocenters. The summed E-state index contributed by atoms with van der Waals surface area (Å²) in [6.45, 7) is 1.73. The van der Waals surface area contributed by atoms with Crippen LogP contribution in [0.25, 0.3) is 16.8 Å². The smallest absolute Gasteiger partial charge is 0.259 e. The Morgan fingerprint density at radius 3 is 2.86 bits per heavy atom. The van der Waals surface area contributed by atoms with Gasteiger partial charge in [-0.2, -0.15) is 5.10 Å². The molecule has 7 heteroatoms. The van der Waals surface area contributed by atoms with Gasteiger partial charge in [0.1, 0.15) is 17.0 Å². The van der Waals surface area contributed by atoms with Crippen LogP contribution in [0.15, 0.2) is 53.1 Å². The molecule has 2 aromatic heterocycles. The van der Waals surface area contributed by atoms with E-state index in [1.807, 2.05) is 6.07 Å². The Morgan fingerprint density at radius 2 is 2.07 bits per heavy atom. The predicted molar refractivity (Wildman–Crippen MR) is 102 cm³/mol. The van der Waals surface area contributed by atoms with Crippen LogP contribution in [0.3, 0.4) is 0 Å². The van der Waals surface area contributed by atoms with Crippen LogP contribution in [-0.2, 0) is 0 Å². The first kappa shape index (κ1) is 16.7. The predicted octanol–water partition coefficient (Wildman–Crippen LogP) is 4.59. The Morgan fingerprint density at radius 1 is 1.25 bits per heavy atom. The monoisotopic (exact) mass is 376 g/mol. The Bertz CT molecular complexity index is 1210. The van der Waals surface area contributed by atoms with Gasteiger partial charge in [-0.05, 0) is 44.0 Å². The quantitative estimate of drug-likeness (QED) is 0.565. The van der Waals surface area contributed by atoms with Gasteiger partial charge in [0.2, 0.25) is 0 Å². The first-order valence-electron chi connectivity index (χ1n) is 9.11. The van der Waals surface area contributed by atoms with Crippen molar-refractivity contribution in [1.82, 2.24) is 14.8 Å². The number of anilines is 1. The molecule has 0 bridgehead atoms. The molecule has 28 heavy (non-hydrogen) atoms. The topological polar surface area (TPSA) is 73.0 Å². The van der Waals surface area contributed by atoms with Crippen molar-refractivity contribution < 1.29 is 13.6 Å². The molecule has 1 saturated carbocycles. The summed E-state index contributed by atoms with van der Waals surface area (Å²) in [5.74, 6) is 0.474. The summed E-state index contributed by atoms with van der Waals surface area (Å²) in [6.07, 6.45) is 3.67. The minimum atomic E-state index is -0.400. The molecule has 0 spiro atoms. The van der Waals surface area contributed by atoms with Gasteiger partial charge in [-0.15, -0.1) is 0 Å². The normalized spacial score (nSPS) is 13.8. The molecule has 140 valence electrons. The van der Waals surface area contributed by atoms with Crippen LogP contribution in [0.1, 0.15) is 40.7 Å². The van der Waals surface area contributed by atoms with Gasteiger partial charge in [0.05, 0.1) is 17.5 Å². The number of nitrogens with one attached hydrogen (secondary N) is 1. The molecule has 6 nitrogen and oxygen atoms in total. The second-order valence-electron chi connectivity index (χ2n) is 6.97. The highest BCUT2D eigenvalue weighted by Crippen LogP contribution is 2.40. The van der Waals surface area contributed by atoms with Crippen molar-refractivity contribution in [2.75, 3.05) is 5.32 Å². The largest absolute Gasteiger partial charge is 0.440 e. The van der Waals surface area contributed by atoms with Crippen molar-refractivity contribution in [1.29, 1.82) is 0 Å². The molecule has 5 rings (SSSR count). The number of hydrogen-bond acceptors (Lipinski definition) is 4. The van der Waals surface area contributed by atoms with E-state index in [0.29, 0.717) is 34.1 Å². The highest BCUT2D eigenvalue weighted by atomic mass is 19.1. The van der Waals surface area contributed by atoms with Crippen molar-refractivity contribution in [3.05, 3.63) is 71.6 Å². The van der Waals surface area contributed by atoms with Crippen LogP contribution in [0.4, 0.5) is 10.1 Å². The van der Waals surface area contributed by atoms with E-state index in [9.17, 15) is 9.18 Å². The van der Waals surface area contributed by atoms with Gasteiger partial charge in [-0.3, -0.25) is 4.79 Å². The summed E-state index contributed by atoms with van der Waals surface area (Å²) in [6, 6.07) is 11.7. The number of rotatable bonds is 4. The molecule has 1 N–H and O–H groups in total. The average molecular weight is 376 g/mol. The maximum atomic E-state index is 14.0. The van der Waals surface area contributed by atoms with Crippen molar-refractivity contribution in [3.8, 4) is 5.69 Å². The third-order valence-corrected chi connectivity index (χ3v) is 4.92. The zero-order valence-electron chi connectivity index (χ0n) is 15.1. The summed E-state index contributed by atoms with van der Waals surface area (Å²) in [7, 11) is 0. The maximum Gasteiger partial charge on any atom is 0.259 e. The lowest BCUT2D eigenvalue weighted by atomic mass is 10.2. The number of halogens is 1. The van der Waals surface area contributed by atoms with Gasteiger partial charge in [-0.25, -0.2) is 14.1 Å². The minimum absolute atomic E-state index is 0.301. The van der Waals surface area contributed by atoms with E-state index in [2.05, 4.69) is 15.4 Å². The van der Waals surface area contributed by atoms with Gasteiger partial charge in [0.25, 0.3) is 5.91 Å². The molecule has 0 atom stereocenters. The molecule has 0 saturated heterocycles. The average Bonchev–Trinajstić information content (AvgIpc) is 3.34.